The molecule has 6 heteroatoms. The lowest BCUT2D eigenvalue weighted by Crippen LogP contribution is -2.17. The molecule has 0 fully saturated rings. The van der Waals surface area contributed by atoms with E-state index in [2.05, 4.69) is 483 Å². The largest absolute Gasteiger partial charge is 0.456 e. The van der Waals surface area contributed by atoms with Crippen LogP contribution in [0.25, 0.3) is 248 Å². The normalized spacial score (nSPS) is 14.6. The van der Waals surface area contributed by atoms with E-state index in [0.717, 1.165) is 82.5 Å². The first-order valence-electron chi connectivity index (χ1n) is 51.7. The van der Waals surface area contributed by atoms with Gasteiger partial charge in [0.2, 0.25) is 0 Å². The Kier molecular flexibility index (Phi) is 17.8. The SMILES string of the molecule is CC1(C)c2cc(-c3ccc4oc5ccccc5c4c3)ccc2-c2ccc(-n3c4ccccc4c4ccc5c(c43)C(C)(C)c3ccccc3-5)cc21.CC1(C)c2cc(-c3cccc4c3oc3ccccc34)ccc2-c2ccc(-n3c4ccccc4c4ccc5c(c43)C(C)(C)c3ccccc3-5)cc21.CC1(C)c2ccccc2-c2ccc3c4ccccc4n(-c4ccc(-c5ccc(-c6cccc7c6oc6ccccc67)cc5)cc4)c3c21. The van der Waals surface area contributed by atoms with Crippen LogP contribution >= 0.6 is 0 Å². The number of hydrogen-bond acceptors (Lipinski definition) is 3. The van der Waals surface area contributed by atoms with E-state index in [9.17, 15) is 0 Å². The van der Waals surface area contributed by atoms with E-state index in [4.69, 9.17) is 13.3 Å². The van der Waals surface area contributed by atoms with Gasteiger partial charge in [-0.3, -0.25) is 0 Å². The molecule has 32 rings (SSSR count). The summed E-state index contributed by atoms with van der Waals surface area (Å²) < 4.78 is 26.5. The summed E-state index contributed by atoms with van der Waals surface area (Å²) in [5.41, 5.74) is 52.9. The summed E-state index contributed by atoms with van der Waals surface area (Å²) in [4.78, 5) is 0. The maximum absolute atomic E-state index is 6.46. The van der Waals surface area contributed by atoms with Crippen molar-refractivity contribution >= 4 is 131 Å². The van der Waals surface area contributed by atoms with E-state index in [-0.39, 0.29) is 27.1 Å². The van der Waals surface area contributed by atoms with Crippen LogP contribution < -0.4 is 0 Å². The number of aromatic nitrogens is 3. The molecule has 0 aliphatic heterocycles. The van der Waals surface area contributed by atoms with Gasteiger partial charge in [-0.2, -0.15) is 0 Å². The van der Waals surface area contributed by atoms with Crippen LogP contribution in [0.4, 0.5) is 0 Å². The molecule has 0 atom stereocenters. The highest BCUT2D eigenvalue weighted by molar-refractivity contribution is 6.18. The summed E-state index contributed by atoms with van der Waals surface area (Å²) in [6.45, 7) is 23.9. The van der Waals surface area contributed by atoms with Crippen LogP contribution in [-0.4, -0.2) is 13.7 Å². The zero-order valence-corrected chi connectivity index (χ0v) is 83.6. The molecule has 0 spiro atoms. The van der Waals surface area contributed by atoms with E-state index in [1.807, 2.05) is 30.3 Å². The quantitative estimate of drug-likeness (QED) is 0.160. The van der Waals surface area contributed by atoms with Crippen molar-refractivity contribution in [3.05, 3.63) is 486 Å². The summed E-state index contributed by atoms with van der Waals surface area (Å²) in [6, 6.07) is 158. The maximum Gasteiger partial charge on any atom is 0.143 e. The molecule has 0 unspecified atom stereocenters. The third-order valence-electron chi connectivity index (χ3n) is 34.4. The van der Waals surface area contributed by atoms with Gasteiger partial charge in [0.1, 0.15) is 33.5 Å². The van der Waals surface area contributed by atoms with Crippen LogP contribution in [0.3, 0.4) is 0 Å². The van der Waals surface area contributed by atoms with Crippen LogP contribution in [0.5, 0.6) is 0 Å². The lowest BCUT2D eigenvalue weighted by molar-refractivity contribution is 0.659. The number of para-hydroxylation sites is 8. The van der Waals surface area contributed by atoms with Gasteiger partial charge in [0.25, 0.3) is 0 Å². The van der Waals surface area contributed by atoms with Gasteiger partial charge in [0.05, 0.1) is 33.1 Å². The Hall–Kier alpha value is -17.6. The fraction of sp³-hybridized carbons (Fsp3) is 0.106. The lowest BCUT2D eigenvalue weighted by Gasteiger charge is -2.25. The molecular formula is C141H101N3O3. The first-order valence-corrected chi connectivity index (χ1v) is 51.7. The van der Waals surface area contributed by atoms with Gasteiger partial charge in [-0.15, -0.1) is 0 Å². The third kappa shape index (κ3) is 12.0. The average Bonchev–Trinajstić information content (AvgIpc) is 1.53. The van der Waals surface area contributed by atoms with Gasteiger partial charge < -0.3 is 27.0 Å². The van der Waals surface area contributed by atoms with Crippen molar-refractivity contribution in [2.75, 3.05) is 0 Å². The zero-order valence-electron chi connectivity index (χ0n) is 83.6. The van der Waals surface area contributed by atoms with E-state index >= 15 is 0 Å². The van der Waals surface area contributed by atoms with E-state index in [1.165, 1.54) is 222 Å². The molecule has 6 nitrogen and oxygen atoms in total. The Morgan fingerprint density at radius 3 is 0.878 bits per heavy atom. The number of hydrogen-bond donors (Lipinski definition) is 0. The molecule has 147 heavy (non-hydrogen) atoms. The summed E-state index contributed by atoms with van der Waals surface area (Å²) in [7, 11) is 0. The molecule has 0 amide bonds. The van der Waals surface area contributed by atoms with Crippen molar-refractivity contribution in [3.8, 4) is 117 Å². The Labute approximate surface area is 852 Å². The minimum atomic E-state index is -0.186. The van der Waals surface area contributed by atoms with Crippen LogP contribution in [-0.2, 0) is 27.1 Å². The van der Waals surface area contributed by atoms with Crippen LogP contribution in [0.1, 0.15) is 125 Å². The Morgan fingerprint density at radius 2 is 0.435 bits per heavy atom. The molecule has 698 valence electrons. The standard InChI is InChI=1S/2C48H35NO.C45H31NO/c1-47(2)40-26-28(30-15-11-16-38-35-14-7-10-19-43(35)50-46(30)38)20-22-32(40)33-23-21-29(27-41(33)47)49-42-18-9-6-13-34(42)37-25-24-36-31-12-5-8-17-39(31)48(3,4)44(36)45(37)49;1-47(2)40-26-29(28-18-24-44-38(25-28)35-13-7-10-16-43(35)50-44)17-20-32(40)33-21-19-30(27-41(33)47)49-42-15-9-6-12-34(42)37-23-22-36-31-11-5-8-14-39(31)48(3,4)45(36)46(37)49;1-45(2)39-15-6-3-10-33(39)36-26-27-37-34-11-4-7-16-40(34)46(43(37)42(36)45)31-24-22-29(23-25-31)28-18-20-30(21-19-28)32-13-9-14-38-35-12-5-8-17-41(35)47-44(32)38/h2*5-27H,1-4H3;3-27H,1-2H3. The molecule has 27 aromatic rings. The Bertz CT molecular complexity index is 10400. The van der Waals surface area contributed by atoms with Crippen LogP contribution in [0.15, 0.2) is 444 Å². The topological polar surface area (TPSA) is 54.2 Å². The van der Waals surface area contributed by atoms with E-state index < -0.39 is 0 Å². The van der Waals surface area contributed by atoms with Crippen molar-refractivity contribution in [1.82, 2.24) is 13.7 Å². The van der Waals surface area contributed by atoms with Crippen molar-refractivity contribution in [1.29, 1.82) is 0 Å². The molecule has 6 heterocycles. The maximum atomic E-state index is 6.46. The highest BCUT2D eigenvalue weighted by Gasteiger charge is 2.45. The second-order valence-electron chi connectivity index (χ2n) is 43.9. The van der Waals surface area contributed by atoms with Gasteiger partial charge in [-0.1, -0.05) is 403 Å². The van der Waals surface area contributed by atoms with Crippen LogP contribution in [0.2, 0.25) is 0 Å². The summed E-state index contributed by atoms with van der Waals surface area (Å²) in [5, 5.41) is 14.8. The van der Waals surface area contributed by atoms with Crippen molar-refractivity contribution in [3.63, 3.8) is 0 Å². The molecule has 0 bridgehead atoms. The molecule has 5 aliphatic rings. The molecule has 6 aromatic heterocycles. The van der Waals surface area contributed by atoms with Gasteiger partial charge in [-0.05, 0) is 242 Å². The van der Waals surface area contributed by atoms with Crippen molar-refractivity contribution in [2.45, 2.75) is 96.3 Å². The number of rotatable bonds is 7. The first kappa shape index (κ1) is 85.0. The Balaban J connectivity index is 0.000000102. The lowest BCUT2D eigenvalue weighted by atomic mass is 9.81. The van der Waals surface area contributed by atoms with Gasteiger partial charge in [0.15, 0.2) is 0 Å². The molecule has 5 aliphatic carbocycles. The number of benzene rings is 21. The fourth-order valence-corrected chi connectivity index (χ4v) is 27.3. The molecule has 0 saturated carbocycles. The minimum absolute atomic E-state index is 0.105. The highest BCUT2D eigenvalue weighted by Crippen LogP contribution is 2.60. The molecule has 21 aromatic carbocycles. The minimum Gasteiger partial charge on any atom is -0.456 e. The predicted octanol–water partition coefficient (Wildman–Crippen LogP) is 38.2. The fourth-order valence-electron chi connectivity index (χ4n) is 27.3. The highest BCUT2D eigenvalue weighted by atomic mass is 16.3. The third-order valence-corrected chi connectivity index (χ3v) is 34.4. The molecule has 0 N–H and O–H groups in total. The zero-order chi connectivity index (χ0) is 98.3. The second kappa shape index (κ2) is 30.7. The van der Waals surface area contributed by atoms with Gasteiger partial charge >= 0.3 is 0 Å². The summed E-state index contributed by atoms with van der Waals surface area (Å²) >= 11 is 0. The van der Waals surface area contributed by atoms with E-state index in [0.29, 0.717) is 0 Å². The number of furan rings is 3. The number of nitrogens with zero attached hydrogens (tertiary/aromatic N) is 3. The molecule has 0 radical (unpaired) electrons. The van der Waals surface area contributed by atoms with Gasteiger partial charge in [0, 0.05) is 120 Å². The van der Waals surface area contributed by atoms with Gasteiger partial charge in [-0.25, -0.2) is 0 Å². The predicted molar refractivity (Wildman–Crippen MR) is 614 cm³/mol. The first-order chi connectivity index (χ1) is 71.7. The van der Waals surface area contributed by atoms with E-state index in [1.54, 1.807) is 0 Å². The monoisotopic (exact) mass is 1880 g/mol. The Morgan fingerprint density at radius 1 is 0.156 bits per heavy atom. The van der Waals surface area contributed by atoms with Crippen molar-refractivity contribution < 1.29 is 13.3 Å². The summed E-state index contributed by atoms with van der Waals surface area (Å²) in [5.74, 6) is 0. The van der Waals surface area contributed by atoms with Crippen LogP contribution in [0, 0.1) is 0 Å². The number of fused-ring (bicyclic) bond motifs is 36. The van der Waals surface area contributed by atoms with Crippen molar-refractivity contribution in [2.24, 2.45) is 0 Å². The second-order valence-corrected chi connectivity index (χ2v) is 43.9. The summed E-state index contributed by atoms with van der Waals surface area (Å²) in [6.07, 6.45) is 0. The molecule has 0 saturated heterocycles. The average molecular weight is 1890 g/mol. The molecular weight excluding hydrogens is 1780 g/mol. The smallest absolute Gasteiger partial charge is 0.143 e.